The van der Waals surface area contributed by atoms with Crippen LogP contribution in [0.25, 0.3) is 5.57 Å². The molecule has 0 nitrogen and oxygen atoms in total. The summed E-state index contributed by atoms with van der Waals surface area (Å²) in [6, 6.07) is 28.7. The minimum absolute atomic E-state index is 1.00. The molecule has 0 saturated carbocycles. The van der Waals surface area contributed by atoms with Gasteiger partial charge in [0, 0.05) is 0 Å². The van der Waals surface area contributed by atoms with E-state index in [0.29, 0.717) is 0 Å². The molecule has 0 amide bonds. The highest BCUT2D eigenvalue weighted by Crippen LogP contribution is 2.28. The number of hydrogen-bond acceptors (Lipinski definition) is 0. The van der Waals surface area contributed by atoms with E-state index in [4.69, 9.17) is 0 Å². The van der Waals surface area contributed by atoms with E-state index in [-0.39, 0.29) is 0 Å². The zero-order valence-electron chi connectivity index (χ0n) is 16.0. The third kappa shape index (κ3) is 4.65. The lowest BCUT2D eigenvalue weighted by Crippen LogP contribution is -1.97. The van der Waals surface area contributed by atoms with Gasteiger partial charge in [-0.25, -0.2) is 0 Å². The van der Waals surface area contributed by atoms with Crippen molar-refractivity contribution in [3.8, 4) is 0 Å². The highest BCUT2D eigenvalue weighted by Gasteiger charge is 2.09. The molecule has 0 heteroatoms. The zero-order valence-corrected chi connectivity index (χ0v) is 16.0. The summed E-state index contributed by atoms with van der Waals surface area (Å²) < 4.78 is 0. The van der Waals surface area contributed by atoms with E-state index in [0.717, 1.165) is 25.7 Å². The first-order valence-corrected chi connectivity index (χ1v) is 9.84. The Morgan fingerprint density at radius 2 is 1.37 bits per heavy atom. The van der Waals surface area contributed by atoms with Crippen molar-refractivity contribution < 1.29 is 0 Å². The van der Waals surface area contributed by atoms with Gasteiger partial charge in [-0.3, -0.25) is 0 Å². The lowest BCUT2D eigenvalue weighted by Gasteiger charge is -2.15. The monoisotopic (exact) mass is 350 g/mol. The van der Waals surface area contributed by atoms with Crippen LogP contribution in [0.2, 0.25) is 0 Å². The first-order valence-electron chi connectivity index (χ1n) is 9.84. The molecule has 0 fully saturated rings. The quantitative estimate of drug-likeness (QED) is 0.468. The zero-order chi connectivity index (χ0) is 18.5. The Hall–Kier alpha value is -2.86. The second kappa shape index (κ2) is 8.22. The van der Waals surface area contributed by atoms with Crippen LogP contribution in [0.5, 0.6) is 0 Å². The molecule has 27 heavy (non-hydrogen) atoms. The van der Waals surface area contributed by atoms with Gasteiger partial charge in [-0.2, -0.15) is 0 Å². The third-order valence-corrected chi connectivity index (χ3v) is 5.33. The Balaban J connectivity index is 1.43. The fraction of sp³-hybridized carbons (Fsp3) is 0.185. The van der Waals surface area contributed by atoms with E-state index in [1.807, 2.05) is 0 Å². The molecular formula is C27H26. The predicted molar refractivity (Wildman–Crippen MR) is 116 cm³/mol. The van der Waals surface area contributed by atoms with Crippen LogP contribution < -0.4 is 0 Å². The highest BCUT2D eigenvalue weighted by atomic mass is 14.1. The molecule has 0 saturated heterocycles. The molecule has 0 atom stereocenters. The highest BCUT2D eigenvalue weighted by molar-refractivity contribution is 5.69. The molecule has 0 N–H and O–H groups in total. The van der Waals surface area contributed by atoms with Gasteiger partial charge in [0.05, 0.1) is 0 Å². The van der Waals surface area contributed by atoms with Gasteiger partial charge in [0.25, 0.3) is 0 Å². The fourth-order valence-electron chi connectivity index (χ4n) is 3.82. The first-order chi connectivity index (χ1) is 13.3. The first kappa shape index (κ1) is 17.5. The minimum atomic E-state index is 1.00. The van der Waals surface area contributed by atoms with Gasteiger partial charge in [-0.05, 0) is 60.4 Å². The Bertz CT molecular complexity index is 956. The molecule has 0 aliphatic heterocycles. The molecule has 3 aromatic carbocycles. The maximum atomic E-state index is 2.33. The van der Waals surface area contributed by atoms with Crippen molar-refractivity contribution in [2.24, 2.45) is 0 Å². The van der Waals surface area contributed by atoms with Crippen molar-refractivity contribution in [3.05, 3.63) is 124 Å². The van der Waals surface area contributed by atoms with Crippen molar-refractivity contribution in [1.29, 1.82) is 0 Å². The largest absolute Gasteiger partial charge is 0.0655 e. The molecule has 0 spiro atoms. The van der Waals surface area contributed by atoms with Crippen molar-refractivity contribution in [3.63, 3.8) is 0 Å². The maximum absolute atomic E-state index is 2.33. The number of rotatable bonds is 5. The van der Waals surface area contributed by atoms with Gasteiger partial charge in [0.1, 0.15) is 0 Å². The second-order valence-electron chi connectivity index (χ2n) is 7.54. The van der Waals surface area contributed by atoms with Crippen LogP contribution in [0.4, 0.5) is 0 Å². The molecule has 1 aliphatic carbocycles. The van der Waals surface area contributed by atoms with Gasteiger partial charge < -0.3 is 0 Å². The topological polar surface area (TPSA) is 0 Å². The van der Waals surface area contributed by atoms with Gasteiger partial charge in [-0.15, -0.1) is 0 Å². The molecule has 0 heterocycles. The van der Waals surface area contributed by atoms with Gasteiger partial charge in [0.15, 0.2) is 0 Å². The molecule has 134 valence electrons. The standard InChI is InChI=1S/C27H26/c1-21-6-5-9-25(18-21)20-24-12-16-27(17-13-24)26-14-10-23(11-15-26)19-22-7-3-2-4-8-22/h2-10,12-14,16-18H,11,15,19-20H2,1H3. The van der Waals surface area contributed by atoms with E-state index in [2.05, 4.69) is 97.9 Å². The SMILES string of the molecule is Cc1cccc(Cc2ccc(C3=CC=C(Cc4ccccc4)CC3)cc2)c1. The van der Waals surface area contributed by atoms with E-state index in [1.54, 1.807) is 0 Å². The molecule has 3 aromatic rings. The molecule has 0 bridgehead atoms. The van der Waals surface area contributed by atoms with Crippen LogP contribution in [0, 0.1) is 6.92 Å². The summed E-state index contributed by atoms with van der Waals surface area (Å²) in [6.07, 6.45) is 9.01. The predicted octanol–water partition coefficient (Wildman–Crippen LogP) is 6.93. The lowest BCUT2D eigenvalue weighted by molar-refractivity contribution is 0.923. The van der Waals surface area contributed by atoms with Crippen molar-refractivity contribution in [2.45, 2.75) is 32.6 Å². The summed E-state index contributed by atoms with van der Waals surface area (Å²) in [7, 11) is 0. The Morgan fingerprint density at radius 3 is 2.07 bits per heavy atom. The van der Waals surface area contributed by atoms with Crippen LogP contribution in [-0.4, -0.2) is 0 Å². The van der Waals surface area contributed by atoms with Gasteiger partial charge >= 0.3 is 0 Å². The van der Waals surface area contributed by atoms with Crippen molar-refractivity contribution in [2.75, 3.05) is 0 Å². The van der Waals surface area contributed by atoms with Crippen molar-refractivity contribution in [1.82, 2.24) is 0 Å². The molecular weight excluding hydrogens is 324 g/mol. The second-order valence-corrected chi connectivity index (χ2v) is 7.54. The molecule has 0 radical (unpaired) electrons. The summed E-state index contributed by atoms with van der Waals surface area (Å²) in [4.78, 5) is 0. The van der Waals surface area contributed by atoms with Crippen LogP contribution in [0.15, 0.2) is 96.6 Å². The number of aryl methyl sites for hydroxylation is 1. The van der Waals surface area contributed by atoms with Gasteiger partial charge in [0.2, 0.25) is 0 Å². The van der Waals surface area contributed by atoms with E-state index in [9.17, 15) is 0 Å². The molecule has 4 rings (SSSR count). The third-order valence-electron chi connectivity index (χ3n) is 5.33. The minimum Gasteiger partial charge on any atom is -0.0655 e. The summed E-state index contributed by atoms with van der Waals surface area (Å²) in [5.74, 6) is 0. The number of allylic oxidation sites excluding steroid dienone is 4. The fourth-order valence-corrected chi connectivity index (χ4v) is 3.82. The van der Waals surface area contributed by atoms with Crippen LogP contribution in [0.1, 0.15) is 40.7 Å². The average molecular weight is 351 g/mol. The van der Waals surface area contributed by atoms with E-state index >= 15 is 0 Å². The normalized spacial score (nSPS) is 13.8. The average Bonchev–Trinajstić information content (AvgIpc) is 2.70. The smallest absolute Gasteiger partial charge is 0.00257 e. The molecule has 0 aromatic heterocycles. The summed E-state index contributed by atoms with van der Waals surface area (Å²) in [6.45, 7) is 2.15. The Morgan fingerprint density at radius 1 is 0.630 bits per heavy atom. The van der Waals surface area contributed by atoms with Gasteiger partial charge in [-0.1, -0.05) is 102 Å². The summed E-state index contributed by atoms with van der Waals surface area (Å²) >= 11 is 0. The molecule has 1 aliphatic rings. The van der Waals surface area contributed by atoms with E-state index in [1.165, 1.54) is 39.0 Å². The number of benzene rings is 3. The Kier molecular flexibility index (Phi) is 5.34. The summed E-state index contributed by atoms with van der Waals surface area (Å²) in [5.41, 5.74) is 9.83. The molecule has 0 unspecified atom stereocenters. The van der Waals surface area contributed by atoms with Crippen LogP contribution in [-0.2, 0) is 12.8 Å². The van der Waals surface area contributed by atoms with Crippen LogP contribution in [0.3, 0.4) is 0 Å². The summed E-state index contributed by atoms with van der Waals surface area (Å²) in [5, 5.41) is 0. The number of hydrogen-bond donors (Lipinski definition) is 0. The van der Waals surface area contributed by atoms with E-state index < -0.39 is 0 Å². The Labute approximate surface area is 162 Å². The maximum Gasteiger partial charge on any atom is -0.00257 e. The van der Waals surface area contributed by atoms with Crippen LogP contribution >= 0.6 is 0 Å². The van der Waals surface area contributed by atoms with Crippen molar-refractivity contribution >= 4 is 5.57 Å². The lowest BCUT2D eigenvalue weighted by atomic mass is 9.90.